The van der Waals surface area contributed by atoms with Crippen molar-refractivity contribution in [3.63, 3.8) is 0 Å². The number of aliphatic hydroxyl groups excluding tert-OH is 2. The van der Waals surface area contributed by atoms with Gasteiger partial charge < -0.3 is 15.3 Å². The van der Waals surface area contributed by atoms with Gasteiger partial charge >= 0.3 is 0 Å². The lowest BCUT2D eigenvalue weighted by Crippen LogP contribution is -2.25. The fraction of sp³-hybridized carbons (Fsp3) is 0.273. The van der Waals surface area contributed by atoms with Gasteiger partial charge in [0.2, 0.25) is 0 Å². The van der Waals surface area contributed by atoms with E-state index >= 15 is 0 Å². The summed E-state index contributed by atoms with van der Waals surface area (Å²) in [5, 5.41) is 30.5. The molecule has 3 heteroatoms. The minimum absolute atomic E-state index is 0.235. The van der Waals surface area contributed by atoms with Gasteiger partial charge in [-0.2, -0.15) is 0 Å². The van der Waals surface area contributed by atoms with Gasteiger partial charge in [-0.15, -0.1) is 6.58 Å². The van der Waals surface area contributed by atoms with Crippen molar-refractivity contribution in [3.8, 4) is 5.75 Å². The molecule has 0 aliphatic heterocycles. The Morgan fingerprint density at radius 1 is 1.08 bits per heavy atom. The number of aromatic hydroxyl groups is 1. The van der Waals surface area contributed by atoms with Crippen LogP contribution in [0.1, 0.15) is 37.0 Å². The van der Waals surface area contributed by atoms with E-state index in [4.69, 9.17) is 0 Å². The summed E-state index contributed by atoms with van der Waals surface area (Å²) in [7, 11) is 0. The fourth-order valence-corrected chi connectivity index (χ4v) is 2.91. The highest BCUT2D eigenvalue weighted by molar-refractivity contribution is 5.54. The Hall–Kier alpha value is -2.36. The summed E-state index contributed by atoms with van der Waals surface area (Å²) in [5.74, 6) is -0.185. The van der Waals surface area contributed by atoms with E-state index in [9.17, 15) is 15.3 Å². The summed E-state index contributed by atoms with van der Waals surface area (Å²) in [6.45, 7) is 5.76. The zero-order valence-electron chi connectivity index (χ0n) is 14.5. The molecule has 0 spiro atoms. The third-order valence-electron chi connectivity index (χ3n) is 4.34. The monoisotopic (exact) mass is 338 g/mol. The summed E-state index contributed by atoms with van der Waals surface area (Å²) >= 11 is 0. The molecule has 2 aromatic rings. The van der Waals surface area contributed by atoms with Crippen LogP contribution < -0.4 is 0 Å². The maximum atomic E-state index is 10.5. The molecular formula is C22H26O3. The van der Waals surface area contributed by atoms with Gasteiger partial charge in [0.05, 0.1) is 12.2 Å². The second kappa shape index (κ2) is 9.21. The Labute approximate surface area is 149 Å². The van der Waals surface area contributed by atoms with Crippen LogP contribution in [0.4, 0.5) is 0 Å². The van der Waals surface area contributed by atoms with E-state index in [1.54, 1.807) is 24.3 Å². The Kier molecular flexibility index (Phi) is 6.99. The Bertz CT molecular complexity index is 706. The molecule has 132 valence electrons. The van der Waals surface area contributed by atoms with Gasteiger partial charge in [0, 0.05) is 5.92 Å². The molecule has 2 aromatic carbocycles. The Balaban J connectivity index is 1.97. The Morgan fingerprint density at radius 2 is 1.80 bits per heavy atom. The van der Waals surface area contributed by atoms with E-state index in [0.717, 1.165) is 16.7 Å². The number of hydrogen-bond acceptors (Lipinski definition) is 3. The quantitative estimate of drug-likeness (QED) is 0.622. The van der Waals surface area contributed by atoms with Crippen LogP contribution >= 0.6 is 0 Å². The van der Waals surface area contributed by atoms with Gasteiger partial charge in [-0.1, -0.05) is 60.2 Å². The first-order chi connectivity index (χ1) is 12.0. The van der Waals surface area contributed by atoms with E-state index in [-0.39, 0.29) is 5.75 Å². The van der Waals surface area contributed by atoms with Crippen molar-refractivity contribution in [2.75, 3.05) is 0 Å². The van der Waals surface area contributed by atoms with Gasteiger partial charge in [-0.05, 0) is 43.0 Å². The predicted molar refractivity (Wildman–Crippen MR) is 102 cm³/mol. The SMILES string of the molecule is C=C[C@H]([C@H](O)CC/C(C)=C/c1cccc(O)c1)[C@H](O)c1ccccc1. The minimum Gasteiger partial charge on any atom is -0.508 e. The van der Waals surface area contributed by atoms with Crippen molar-refractivity contribution in [1.29, 1.82) is 0 Å². The maximum absolute atomic E-state index is 10.5. The van der Waals surface area contributed by atoms with Crippen LogP contribution in [0.2, 0.25) is 0 Å². The maximum Gasteiger partial charge on any atom is 0.116 e. The topological polar surface area (TPSA) is 60.7 Å². The molecule has 3 atom stereocenters. The lowest BCUT2D eigenvalue weighted by Gasteiger charge is -2.25. The average molecular weight is 338 g/mol. The summed E-state index contributed by atoms with van der Waals surface area (Å²) in [6.07, 6.45) is 3.38. The summed E-state index contributed by atoms with van der Waals surface area (Å²) in [5.41, 5.74) is 2.80. The molecule has 0 aromatic heterocycles. The van der Waals surface area contributed by atoms with Gasteiger partial charge in [-0.25, -0.2) is 0 Å². The molecule has 0 aliphatic rings. The summed E-state index contributed by atoms with van der Waals surface area (Å²) in [6, 6.07) is 16.4. The third kappa shape index (κ3) is 5.59. The van der Waals surface area contributed by atoms with Crippen LogP contribution in [0.5, 0.6) is 5.75 Å². The molecular weight excluding hydrogens is 312 g/mol. The van der Waals surface area contributed by atoms with Crippen LogP contribution in [0.3, 0.4) is 0 Å². The molecule has 0 fully saturated rings. The fourth-order valence-electron chi connectivity index (χ4n) is 2.91. The highest BCUT2D eigenvalue weighted by Crippen LogP contribution is 2.28. The lowest BCUT2D eigenvalue weighted by molar-refractivity contribution is 0.0319. The molecule has 0 aliphatic carbocycles. The van der Waals surface area contributed by atoms with Gasteiger partial charge in [0.25, 0.3) is 0 Å². The number of rotatable bonds is 8. The summed E-state index contributed by atoms with van der Waals surface area (Å²) < 4.78 is 0. The van der Waals surface area contributed by atoms with Gasteiger partial charge in [0.15, 0.2) is 0 Å². The molecule has 3 N–H and O–H groups in total. The van der Waals surface area contributed by atoms with Crippen molar-refractivity contribution in [3.05, 3.63) is 84.0 Å². The van der Waals surface area contributed by atoms with Crippen LogP contribution in [0.25, 0.3) is 6.08 Å². The first kappa shape index (κ1) is 19.0. The normalized spacial score (nSPS) is 15.4. The number of aliphatic hydroxyl groups is 2. The number of benzene rings is 2. The first-order valence-corrected chi connectivity index (χ1v) is 8.51. The van der Waals surface area contributed by atoms with Crippen molar-refractivity contribution in [1.82, 2.24) is 0 Å². The number of hydrogen-bond donors (Lipinski definition) is 3. The van der Waals surface area contributed by atoms with Crippen molar-refractivity contribution in [2.24, 2.45) is 5.92 Å². The molecule has 0 bridgehead atoms. The average Bonchev–Trinajstić information content (AvgIpc) is 2.61. The highest BCUT2D eigenvalue weighted by atomic mass is 16.3. The Morgan fingerprint density at radius 3 is 2.44 bits per heavy atom. The van der Waals surface area contributed by atoms with E-state index < -0.39 is 18.1 Å². The molecule has 0 unspecified atom stereocenters. The molecule has 0 saturated carbocycles. The number of phenols is 1. The molecule has 0 amide bonds. The standard InChI is InChI=1S/C22H26O3/c1-3-20(22(25)18-9-5-4-6-10-18)21(24)13-12-16(2)14-17-8-7-11-19(23)15-17/h3-11,14-15,20-25H,1,12-13H2,2H3/b16-14+/t20-,21-,22-/m1/s1. The largest absolute Gasteiger partial charge is 0.508 e. The number of allylic oxidation sites excluding steroid dienone is 1. The predicted octanol–water partition coefficient (Wildman–Crippen LogP) is 4.47. The smallest absolute Gasteiger partial charge is 0.116 e. The zero-order chi connectivity index (χ0) is 18.2. The molecule has 3 nitrogen and oxygen atoms in total. The van der Waals surface area contributed by atoms with Crippen molar-refractivity contribution in [2.45, 2.75) is 32.0 Å². The highest BCUT2D eigenvalue weighted by Gasteiger charge is 2.25. The van der Waals surface area contributed by atoms with Crippen LogP contribution in [-0.2, 0) is 0 Å². The molecule has 0 radical (unpaired) electrons. The second-order valence-corrected chi connectivity index (χ2v) is 6.36. The lowest BCUT2D eigenvalue weighted by atomic mass is 9.88. The molecule has 2 rings (SSSR count). The number of phenolic OH excluding ortho intramolecular Hbond substituents is 1. The molecule has 25 heavy (non-hydrogen) atoms. The zero-order valence-corrected chi connectivity index (χ0v) is 14.5. The van der Waals surface area contributed by atoms with Gasteiger partial charge in [0.1, 0.15) is 5.75 Å². The van der Waals surface area contributed by atoms with Crippen molar-refractivity contribution < 1.29 is 15.3 Å². The van der Waals surface area contributed by atoms with E-state index in [1.165, 1.54) is 0 Å². The van der Waals surface area contributed by atoms with Crippen LogP contribution in [0.15, 0.2) is 72.8 Å². The van der Waals surface area contributed by atoms with E-state index in [1.807, 2.05) is 49.4 Å². The summed E-state index contributed by atoms with van der Waals surface area (Å²) in [4.78, 5) is 0. The molecule has 0 heterocycles. The van der Waals surface area contributed by atoms with Crippen molar-refractivity contribution >= 4 is 6.08 Å². The second-order valence-electron chi connectivity index (χ2n) is 6.36. The van der Waals surface area contributed by atoms with Crippen LogP contribution in [-0.4, -0.2) is 21.4 Å². The molecule has 0 saturated heterocycles. The van der Waals surface area contributed by atoms with E-state index in [0.29, 0.717) is 12.8 Å². The van der Waals surface area contributed by atoms with Crippen LogP contribution in [0, 0.1) is 5.92 Å². The third-order valence-corrected chi connectivity index (χ3v) is 4.34. The minimum atomic E-state index is -0.774. The van der Waals surface area contributed by atoms with E-state index in [2.05, 4.69) is 6.58 Å². The first-order valence-electron chi connectivity index (χ1n) is 8.51. The van der Waals surface area contributed by atoms with Gasteiger partial charge in [-0.3, -0.25) is 0 Å².